The van der Waals surface area contributed by atoms with Crippen LogP contribution in [0.3, 0.4) is 0 Å². The third kappa shape index (κ3) is 3.25. The van der Waals surface area contributed by atoms with Crippen molar-refractivity contribution in [2.24, 2.45) is 0 Å². The number of nitrogens with one attached hydrogen (secondary N) is 1. The summed E-state index contributed by atoms with van der Waals surface area (Å²) in [5, 5.41) is 3.22. The standard InChI is InChI=1S/C17H18ClF2N/c1-4-21-17(12-6-5-7-13(19)16(12)18)15-11(3)8-10(2)9-14(15)20/h5-9,17,21H,4H2,1-3H3. The van der Waals surface area contributed by atoms with Crippen molar-refractivity contribution in [2.75, 3.05) is 6.54 Å². The van der Waals surface area contributed by atoms with Crippen LogP contribution in [0.25, 0.3) is 0 Å². The van der Waals surface area contributed by atoms with Crippen LogP contribution < -0.4 is 5.32 Å². The van der Waals surface area contributed by atoms with E-state index < -0.39 is 11.9 Å². The van der Waals surface area contributed by atoms with Crippen LogP contribution in [-0.2, 0) is 0 Å². The van der Waals surface area contributed by atoms with Crippen molar-refractivity contribution in [2.45, 2.75) is 26.8 Å². The van der Waals surface area contributed by atoms with Crippen LogP contribution in [0.5, 0.6) is 0 Å². The molecule has 1 atom stereocenters. The Morgan fingerprint density at radius 1 is 1.14 bits per heavy atom. The van der Waals surface area contributed by atoms with Crippen LogP contribution in [0.15, 0.2) is 30.3 Å². The van der Waals surface area contributed by atoms with Gasteiger partial charge in [0.1, 0.15) is 11.6 Å². The van der Waals surface area contributed by atoms with Crippen LogP contribution in [0.1, 0.15) is 35.2 Å². The molecule has 0 spiro atoms. The van der Waals surface area contributed by atoms with Gasteiger partial charge < -0.3 is 5.32 Å². The van der Waals surface area contributed by atoms with Gasteiger partial charge >= 0.3 is 0 Å². The molecule has 0 bridgehead atoms. The molecule has 0 saturated heterocycles. The lowest BCUT2D eigenvalue weighted by atomic mass is 9.93. The summed E-state index contributed by atoms with van der Waals surface area (Å²) in [6, 6.07) is 7.53. The molecule has 0 aromatic heterocycles. The first-order chi connectivity index (χ1) is 9.95. The van der Waals surface area contributed by atoms with Crippen molar-refractivity contribution in [3.63, 3.8) is 0 Å². The van der Waals surface area contributed by atoms with Crippen molar-refractivity contribution in [1.29, 1.82) is 0 Å². The van der Waals surface area contributed by atoms with Crippen molar-refractivity contribution in [3.8, 4) is 0 Å². The first kappa shape index (κ1) is 15.9. The molecule has 1 nitrogen and oxygen atoms in total. The molecule has 2 aromatic carbocycles. The molecule has 112 valence electrons. The Bertz CT molecular complexity index is 632. The van der Waals surface area contributed by atoms with Gasteiger partial charge in [-0.2, -0.15) is 0 Å². The van der Waals surface area contributed by atoms with Gasteiger partial charge in [0.15, 0.2) is 0 Å². The summed E-state index contributed by atoms with van der Waals surface area (Å²) >= 11 is 6.07. The zero-order valence-electron chi connectivity index (χ0n) is 12.3. The zero-order chi connectivity index (χ0) is 15.6. The first-order valence-corrected chi connectivity index (χ1v) is 7.27. The van der Waals surface area contributed by atoms with Crippen LogP contribution in [0.2, 0.25) is 5.02 Å². The van der Waals surface area contributed by atoms with Gasteiger partial charge in [0.2, 0.25) is 0 Å². The van der Waals surface area contributed by atoms with Gasteiger partial charge in [0.25, 0.3) is 0 Å². The lowest BCUT2D eigenvalue weighted by Crippen LogP contribution is -2.24. The van der Waals surface area contributed by atoms with Crippen molar-refractivity contribution >= 4 is 11.6 Å². The normalized spacial score (nSPS) is 12.5. The number of hydrogen-bond donors (Lipinski definition) is 1. The predicted octanol–water partition coefficient (Wildman–Crippen LogP) is 4.93. The van der Waals surface area contributed by atoms with Crippen LogP contribution >= 0.6 is 11.6 Å². The lowest BCUT2D eigenvalue weighted by Gasteiger charge is -2.23. The van der Waals surface area contributed by atoms with Gasteiger partial charge in [-0.25, -0.2) is 8.78 Å². The topological polar surface area (TPSA) is 12.0 Å². The van der Waals surface area contributed by atoms with Gasteiger partial charge in [-0.15, -0.1) is 0 Å². The first-order valence-electron chi connectivity index (χ1n) is 6.89. The molecule has 0 radical (unpaired) electrons. The molecular weight excluding hydrogens is 292 g/mol. The number of hydrogen-bond acceptors (Lipinski definition) is 1. The van der Waals surface area contributed by atoms with Gasteiger partial charge in [-0.3, -0.25) is 0 Å². The summed E-state index contributed by atoms with van der Waals surface area (Å²) in [6.07, 6.45) is 0. The monoisotopic (exact) mass is 309 g/mol. The highest BCUT2D eigenvalue weighted by Gasteiger charge is 2.23. The number of aryl methyl sites for hydroxylation is 2. The van der Waals surface area contributed by atoms with Crippen LogP contribution in [-0.4, -0.2) is 6.54 Å². The molecule has 0 aliphatic heterocycles. The van der Waals surface area contributed by atoms with E-state index in [2.05, 4.69) is 5.32 Å². The van der Waals surface area contributed by atoms with Gasteiger partial charge in [0, 0.05) is 5.56 Å². The molecule has 0 aliphatic carbocycles. The average molecular weight is 310 g/mol. The highest BCUT2D eigenvalue weighted by atomic mass is 35.5. The minimum absolute atomic E-state index is 0.0304. The second kappa shape index (κ2) is 6.54. The summed E-state index contributed by atoms with van der Waals surface area (Å²) < 4.78 is 28.1. The summed E-state index contributed by atoms with van der Waals surface area (Å²) in [4.78, 5) is 0. The Hall–Kier alpha value is -1.45. The van der Waals surface area contributed by atoms with E-state index in [1.54, 1.807) is 12.1 Å². The minimum Gasteiger partial charge on any atom is -0.306 e. The molecule has 0 aliphatic rings. The van der Waals surface area contributed by atoms with E-state index in [0.29, 0.717) is 17.7 Å². The Labute approximate surface area is 128 Å². The average Bonchev–Trinajstić information content (AvgIpc) is 2.40. The molecule has 2 aromatic rings. The number of rotatable bonds is 4. The van der Waals surface area contributed by atoms with E-state index in [1.807, 2.05) is 26.8 Å². The van der Waals surface area contributed by atoms with Crippen molar-refractivity contribution < 1.29 is 8.78 Å². The zero-order valence-corrected chi connectivity index (χ0v) is 13.1. The van der Waals surface area contributed by atoms with E-state index in [9.17, 15) is 8.78 Å². The molecule has 0 fully saturated rings. The highest BCUT2D eigenvalue weighted by Crippen LogP contribution is 2.33. The molecule has 21 heavy (non-hydrogen) atoms. The number of halogens is 3. The van der Waals surface area contributed by atoms with Gasteiger partial charge in [-0.05, 0) is 49.2 Å². The lowest BCUT2D eigenvalue weighted by molar-refractivity contribution is 0.551. The molecule has 0 saturated carbocycles. The fourth-order valence-electron chi connectivity index (χ4n) is 2.61. The van der Waals surface area contributed by atoms with E-state index >= 15 is 0 Å². The third-order valence-electron chi connectivity index (χ3n) is 3.47. The molecular formula is C17H18ClF2N. The highest BCUT2D eigenvalue weighted by molar-refractivity contribution is 6.31. The predicted molar refractivity (Wildman–Crippen MR) is 82.8 cm³/mol. The molecule has 0 amide bonds. The molecule has 1 unspecified atom stereocenters. The second-order valence-corrected chi connectivity index (χ2v) is 5.49. The Kier molecular flexibility index (Phi) is 4.96. The second-order valence-electron chi connectivity index (χ2n) is 5.11. The quantitative estimate of drug-likeness (QED) is 0.844. The SMILES string of the molecule is CCNC(c1cccc(F)c1Cl)c1c(C)cc(C)cc1F. The van der Waals surface area contributed by atoms with E-state index in [-0.39, 0.29) is 10.8 Å². The Morgan fingerprint density at radius 3 is 2.48 bits per heavy atom. The maximum atomic E-state index is 14.4. The summed E-state index contributed by atoms with van der Waals surface area (Å²) in [6.45, 7) is 6.23. The third-order valence-corrected chi connectivity index (χ3v) is 3.87. The molecule has 4 heteroatoms. The maximum absolute atomic E-state index is 14.4. The molecule has 1 N–H and O–H groups in total. The van der Waals surface area contributed by atoms with Crippen molar-refractivity contribution in [3.05, 3.63) is 69.2 Å². The fraction of sp³-hybridized carbons (Fsp3) is 0.294. The van der Waals surface area contributed by atoms with Gasteiger partial charge in [-0.1, -0.05) is 36.7 Å². The summed E-state index contributed by atoms with van der Waals surface area (Å²) in [7, 11) is 0. The van der Waals surface area contributed by atoms with Gasteiger partial charge in [0.05, 0.1) is 11.1 Å². The Balaban J connectivity index is 2.62. The largest absolute Gasteiger partial charge is 0.306 e. The Morgan fingerprint density at radius 2 is 1.86 bits per heavy atom. The molecule has 2 rings (SSSR count). The summed E-state index contributed by atoms with van der Waals surface area (Å²) in [5.74, 6) is -0.805. The maximum Gasteiger partial charge on any atom is 0.142 e. The van der Waals surface area contributed by atoms with Crippen LogP contribution in [0, 0.1) is 25.5 Å². The molecule has 0 heterocycles. The van der Waals surface area contributed by atoms with E-state index in [0.717, 1.165) is 11.1 Å². The number of benzene rings is 2. The van der Waals surface area contributed by atoms with Crippen LogP contribution in [0.4, 0.5) is 8.78 Å². The van der Waals surface area contributed by atoms with Crippen molar-refractivity contribution in [1.82, 2.24) is 5.32 Å². The smallest absolute Gasteiger partial charge is 0.142 e. The fourth-order valence-corrected chi connectivity index (χ4v) is 2.84. The summed E-state index contributed by atoms with van der Waals surface area (Å²) in [5.41, 5.74) is 2.73. The minimum atomic E-state index is -0.498. The van der Waals surface area contributed by atoms with E-state index in [4.69, 9.17) is 11.6 Å². The van der Waals surface area contributed by atoms with E-state index in [1.165, 1.54) is 12.1 Å².